The molecule has 1 amide bonds. The van der Waals surface area contributed by atoms with Crippen molar-refractivity contribution in [1.82, 2.24) is 14.5 Å². The van der Waals surface area contributed by atoms with Gasteiger partial charge in [-0.15, -0.1) is 0 Å². The minimum Gasteiger partial charge on any atom is -0.506 e. The summed E-state index contributed by atoms with van der Waals surface area (Å²) >= 11 is 0. The highest BCUT2D eigenvalue weighted by Gasteiger charge is 2.35. The van der Waals surface area contributed by atoms with E-state index in [-0.39, 0.29) is 18.0 Å². The number of hydrogen-bond acceptors (Lipinski definition) is 5. The molecule has 2 N–H and O–H groups in total. The molecule has 3 rings (SSSR count). The number of nitrogens with zero attached hydrogens (tertiary/aromatic N) is 3. The van der Waals surface area contributed by atoms with Gasteiger partial charge in [-0.2, -0.15) is 13.5 Å². The van der Waals surface area contributed by atoms with Crippen molar-refractivity contribution in [3.63, 3.8) is 0 Å². The zero-order valence-corrected chi connectivity index (χ0v) is 12.8. The number of aromatic hydroxyl groups is 1. The van der Waals surface area contributed by atoms with Crippen LogP contribution in [0.4, 0.5) is 5.69 Å². The van der Waals surface area contributed by atoms with Crippen LogP contribution in [0.2, 0.25) is 0 Å². The highest BCUT2D eigenvalue weighted by atomic mass is 32.2. The van der Waals surface area contributed by atoms with E-state index in [4.69, 9.17) is 0 Å². The van der Waals surface area contributed by atoms with Gasteiger partial charge in [-0.1, -0.05) is 0 Å². The van der Waals surface area contributed by atoms with Gasteiger partial charge < -0.3 is 5.11 Å². The quantitative estimate of drug-likeness (QED) is 0.826. The van der Waals surface area contributed by atoms with Crippen LogP contribution in [0.1, 0.15) is 5.56 Å². The number of hydrogen-bond donors (Lipinski definition) is 2. The van der Waals surface area contributed by atoms with Crippen molar-refractivity contribution in [2.24, 2.45) is 7.05 Å². The van der Waals surface area contributed by atoms with Crippen molar-refractivity contribution < 1.29 is 18.3 Å². The number of amides is 1. The number of rotatable bonds is 2. The van der Waals surface area contributed by atoms with Crippen molar-refractivity contribution in [1.29, 1.82) is 0 Å². The molecule has 1 aromatic carbocycles. The molecule has 1 aromatic heterocycles. The van der Waals surface area contributed by atoms with Gasteiger partial charge in [0.1, 0.15) is 12.3 Å². The lowest BCUT2D eigenvalue weighted by atomic mass is 10.0. The van der Waals surface area contributed by atoms with E-state index >= 15 is 0 Å². The third-order valence-electron chi connectivity index (χ3n) is 3.43. The fourth-order valence-corrected chi connectivity index (χ4v) is 3.57. The highest BCUT2D eigenvalue weighted by molar-refractivity contribution is 7.92. The normalized spacial score (nSPS) is 16.8. The van der Waals surface area contributed by atoms with Crippen molar-refractivity contribution >= 4 is 21.8 Å². The summed E-state index contributed by atoms with van der Waals surface area (Å²) in [6.45, 7) is 1.44. The molecule has 8 nitrogen and oxygen atoms in total. The maximum Gasteiger partial charge on any atom is 0.326 e. The van der Waals surface area contributed by atoms with Gasteiger partial charge in [-0.05, 0) is 30.2 Å². The minimum atomic E-state index is -3.97. The summed E-state index contributed by atoms with van der Waals surface area (Å²) in [5, 5.41) is 14.2. The third-order valence-corrected chi connectivity index (χ3v) is 4.82. The number of aromatic nitrogens is 2. The number of phenols is 1. The first kappa shape index (κ1) is 14.4. The summed E-state index contributed by atoms with van der Waals surface area (Å²) in [4.78, 5) is 11.4. The summed E-state index contributed by atoms with van der Waals surface area (Å²) in [6.07, 6.45) is 3.43. The molecule has 2 heterocycles. The van der Waals surface area contributed by atoms with Crippen LogP contribution in [-0.2, 0) is 22.1 Å². The summed E-state index contributed by atoms with van der Waals surface area (Å²) in [7, 11) is -2.19. The van der Waals surface area contributed by atoms with E-state index in [0.29, 0.717) is 0 Å². The third kappa shape index (κ3) is 2.29. The smallest absolute Gasteiger partial charge is 0.326 e. The first-order chi connectivity index (χ1) is 10.3. The number of phenolic OH excluding ortho intramolecular Hbond substituents is 1. The lowest BCUT2D eigenvalue weighted by Gasteiger charge is -2.18. The summed E-state index contributed by atoms with van der Waals surface area (Å²) in [5.74, 6) is -0.840. The van der Waals surface area contributed by atoms with E-state index in [1.54, 1.807) is 37.1 Å². The largest absolute Gasteiger partial charge is 0.506 e. The molecular formula is C13H14N4O4S. The molecule has 0 aliphatic carbocycles. The number of anilines is 1. The van der Waals surface area contributed by atoms with E-state index in [1.165, 1.54) is 6.07 Å². The SMILES string of the molecule is Cc1cc(O)c(N2CC(=O)NS2(=O)=O)cc1-c1cnn(C)c1. The van der Waals surface area contributed by atoms with Gasteiger partial charge in [0, 0.05) is 18.8 Å². The molecular weight excluding hydrogens is 308 g/mol. The first-order valence-corrected chi connectivity index (χ1v) is 7.88. The second-order valence-electron chi connectivity index (χ2n) is 5.10. The topological polar surface area (TPSA) is 105 Å². The van der Waals surface area contributed by atoms with Crippen LogP contribution in [0.15, 0.2) is 24.5 Å². The first-order valence-electron chi connectivity index (χ1n) is 6.44. The molecule has 0 unspecified atom stereocenters. The number of nitrogens with one attached hydrogen (secondary N) is 1. The molecule has 0 radical (unpaired) electrons. The van der Waals surface area contributed by atoms with Crippen molar-refractivity contribution in [2.45, 2.75) is 6.92 Å². The number of carbonyl (C=O) groups is 1. The Labute approximate surface area is 127 Å². The molecule has 0 bridgehead atoms. The van der Waals surface area contributed by atoms with Gasteiger partial charge in [0.2, 0.25) is 0 Å². The van der Waals surface area contributed by atoms with Crippen LogP contribution in [0.3, 0.4) is 0 Å². The number of aryl methyl sites for hydroxylation is 2. The predicted molar refractivity (Wildman–Crippen MR) is 79.5 cm³/mol. The number of carbonyl (C=O) groups excluding carboxylic acids is 1. The van der Waals surface area contributed by atoms with E-state index in [2.05, 4.69) is 5.10 Å². The maximum absolute atomic E-state index is 11.9. The number of benzene rings is 1. The van der Waals surface area contributed by atoms with Gasteiger partial charge in [0.25, 0.3) is 5.91 Å². The average Bonchev–Trinajstić information content (AvgIpc) is 2.93. The van der Waals surface area contributed by atoms with Crippen LogP contribution >= 0.6 is 0 Å². The summed E-state index contributed by atoms with van der Waals surface area (Å²) in [5.41, 5.74) is 2.35. The van der Waals surface area contributed by atoms with Crippen LogP contribution < -0.4 is 9.03 Å². The molecule has 1 aliphatic rings. The Morgan fingerprint density at radius 3 is 2.64 bits per heavy atom. The molecule has 0 atom stereocenters. The zero-order valence-electron chi connectivity index (χ0n) is 11.9. The van der Waals surface area contributed by atoms with E-state index < -0.39 is 16.1 Å². The summed E-state index contributed by atoms with van der Waals surface area (Å²) in [6, 6.07) is 3.01. The van der Waals surface area contributed by atoms with Crippen molar-refractivity contribution in [2.75, 3.05) is 10.8 Å². The maximum atomic E-state index is 11.9. The average molecular weight is 322 g/mol. The van der Waals surface area contributed by atoms with Gasteiger partial charge in [-0.3, -0.25) is 9.48 Å². The predicted octanol–water partition coefficient (Wildman–Crippen LogP) is 0.282. The zero-order chi connectivity index (χ0) is 16.1. The van der Waals surface area contributed by atoms with E-state index in [0.717, 1.165) is 21.0 Å². The molecule has 9 heteroatoms. The van der Waals surface area contributed by atoms with E-state index in [9.17, 15) is 18.3 Å². The Bertz CT molecular complexity index is 872. The van der Waals surface area contributed by atoms with Crippen LogP contribution in [0, 0.1) is 6.92 Å². The molecule has 1 fully saturated rings. The van der Waals surface area contributed by atoms with Crippen molar-refractivity contribution in [3.8, 4) is 16.9 Å². The van der Waals surface area contributed by atoms with Crippen molar-refractivity contribution in [3.05, 3.63) is 30.1 Å². The Morgan fingerprint density at radius 2 is 2.09 bits per heavy atom. The van der Waals surface area contributed by atoms with Crippen LogP contribution in [-0.4, -0.2) is 35.8 Å². The van der Waals surface area contributed by atoms with Gasteiger partial charge in [-0.25, -0.2) is 9.03 Å². The molecule has 1 aliphatic heterocycles. The minimum absolute atomic E-state index is 0.0582. The van der Waals surface area contributed by atoms with Gasteiger partial charge in [0.05, 0.1) is 11.9 Å². The molecule has 0 spiro atoms. The Balaban J connectivity index is 2.15. The standard InChI is InChI=1S/C13H14N4O4S/c1-8-3-12(18)11(17-7-13(19)15-22(17,20)21)4-10(8)9-5-14-16(2)6-9/h3-6,18H,7H2,1-2H3,(H,15,19). The van der Waals surface area contributed by atoms with E-state index in [1.807, 2.05) is 4.72 Å². The lowest BCUT2D eigenvalue weighted by Crippen LogP contribution is -2.29. The second-order valence-corrected chi connectivity index (χ2v) is 6.69. The lowest BCUT2D eigenvalue weighted by molar-refractivity contribution is -0.117. The Kier molecular flexibility index (Phi) is 3.10. The molecule has 0 saturated carbocycles. The molecule has 116 valence electrons. The van der Waals surface area contributed by atoms with Gasteiger partial charge >= 0.3 is 10.2 Å². The van der Waals surface area contributed by atoms with Crippen LogP contribution in [0.25, 0.3) is 11.1 Å². The fraction of sp³-hybridized carbons (Fsp3) is 0.231. The Hall–Kier alpha value is -2.55. The highest BCUT2D eigenvalue weighted by Crippen LogP contribution is 2.37. The monoisotopic (exact) mass is 322 g/mol. The van der Waals surface area contributed by atoms with Crippen LogP contribution in [0.5, 0.6) is 5.75 Å². The molecule has 1 saturated heterocycles. The Morgan fingerprint density at radius 1 is 1.36 bits per heavy atom. The fourth-order valence-electron chi connectivity index (χ4n) is 2.41. The second kappa shape index (κ2) is 4.73. The molecule has 2 aromatic rings. The summed E-state index contributed by atoms with van der Waals surface area (Å²) < 4.78 is 28.2. The van der Waals surface area contributed by atoms with Gasteiger partial charge in [0.15, 0.2) is 0 Å². The molecule has 22 heavy (non-hydrogen) atoms.